The third-order valence-corrected chi connectivity index (χ3v) is 7.09. The average molecular weight is 462 g/mol. The van der Waals surface area contributed by atoms with Crippen molar-refractivity contribution in [3.63, 3.8) is 0 Å². The molecule has 168 valence electrons. The summed E-state index contributed by atoms with van der Waals surface area (Å²) in [6.07, 6.45) is 7.34. The quantitative estimate of drug-likeness (QED) is 0.343. The van der Waals surface area contributed by atoms with Gasteiger partial charge in [0.25, 0.3) is 5.91 Å². The molecule has 7 heteroatoms. The van der Waals surface area contributed by atoms with Crippen molar-refractivity contribution in [2.45, 2.75) is 38.6 Å². The molecule has 2 N–H and O–H groups in total. The molecule has 33 heavy (non-hydrogen) atoms. The van der Waals surface area contributed by atoms with Gasteiger partial charge in [-0.05, 0) is 85.7 Å². The van der Waals surface area contributed by atoms with E-state index in [1.165, 1.54) is 22.8 Å². The molecule has 4 aromatic rings. The van der Waals surface area contributed by atoms with E-state index in [-0.39, 0.29) is 23.5 Å². The smallest absolute Gasteiger partial charge is 0.291 e. The van der Waals surface area contributed by atoms with E-state index in [1.54, 1.807) is 41.8 Å². The Labute approximate surface area is 195 Å². The van der Waals surface area contributed by atoms with Gasteiger partial charge in [-0.25, -0.2) is 9.37 Å². The first-order valence-electron chi connectivity index (χ1n) is 11.0. The summed E-state index contributed by atoms with van der Waals surface area (Å²) in [5, 5.41) is 7.34. The minimum Gasteiger partial charge on any atom is -0.459 e. The fourth-order valence-corrected chi connectivity index (χ4v) is 5.66. The van der Waals surface area contributed by atoms with Gasteiger partial charge < -0.3 is 15.1 Å². The number of furan rings is 1. The molecule has 0 radical (unpaired) electrons. The van der Waals surface area contributed by atoms with Crippen LogP contribution in [-0.4, -0.2) is 10.9 Å². The molecule has 0 aliphatic heterocycles. The van der Waals surface area contributed by atoms with Crippen molar-refractivity contribution in [2.24, 2.45) is 0 Å². The number of aromatic nitrogens is 1. The van der Waals surface area contributed by atoms with Gasteiger partial charge >= 0.3 is 0 Å². The molecule has 5 rings (SSSR count). The first kappa shape index (κ1) is 21.4. The highest BCUT2D eigenvalue weighted by Crippen LogP contribution is 2.44. The van der Waals surface area contributed by atoms with Crippen LogP contribution in [0.1, 0.15) is 56.6 Å². The van der Waals surface area contributed by atoms with Crippen LogP contribution in [0.2, 0.25) is 0 Å². The number of halogens is 1. The van der Waals surface area contributed by atoms with E-state index in [0.29, 0.717) is 5.82 Å². The minimum absolute atomic E-state index is 0.253. The molecule has 0 fully saturated rings. The fraction of sp³-hybridized carbons (Fsp3) is 0.231. The predicted octanol–water partition coefficient (Wildman–Crippen LogP) is 6.52. The van der Waals surface area contributed by atoms with Crippen LogP contribution in [0.3, 0.4) is 0 Å². The number of amides is 1. The van der Waals surface area contributed by atoms with Crippen molar-refractivity contribution in [1.82, 2.24) is 4.98 Å². The maximum Gasteiger partial charge on any atom is 0.291 e. The van der Waals surface area contributed by atoms with Crippen LogP contribution in [0.15, 0.2) is 65.4 Å². The van der Waals surface area contributed by atoms with E-state index in [4.69, 9.17) is 4.42 Å². The van der Waals surface area contributed by atoms with Gasteiger partial charge in [0.15, 0.2) is 5.76 Å². The van der Waals surface area contributed by atoms with Gasteiger partial charge in [0.1, 0.15) is 16.6 Å². The molecular formula is C26H24FN3O2S. The molecule has 3 aromatic heterocycles. The lowest BCUT2D eigenvalue weighted by Gasteiger charge is -2.24. The number of thiophene rings is 1. The lowest BCUT2D eigenvalue weighted by atomic mass is 9.89. The summed E-state index contributed by atoms with van der Waals surface area (Å²) in [4.78, 5) is 18.6. The third-order valence-electron chi connectivity index (χ3n) is 5.86. The second kappa shape index (κ2) is 9.19. The zero-order chi connectivity index (χ0) is 22.8. The maximum absolute atomic E-state index is 14.3. The molecule has 0 bridgehead atoms. The Morgan fingerprint density at radius 3 is 2.82 bits per heavy atom. The molecule has 1 aliphatic carbocycles. The summed E-state index contributed by atoms with van der Waals surface area (Å²) in [6, 6.07) is 13.4. The van der Waals surface area contributed by atoms with E-state index < -0.39 is 0 Å². The van der Waals surface area contributed by atoms with Crippen LogP contribution >= 0.6 is 11.3 Å². The summed E-state index contributed by atoms with van der Waals surface area (Å²) in [7, 11) is 0. The summed E-state index contributed by atoms with van der Waals surface area (Å²) in [6.45, 7) is 2.01. The molecule has 0 saturated heterocycles. The second-order valence-corrected chi connectivity index (χ2v) is 9.34. The van der Waals surface area contributed by atoms with E-state index in [0.717, 1.165) is 47.4 Å². The van der Waals surface area contributed by atoms with Gasteiger partial charge in [0, 0.05) is 16.6 Å². The zero-order valence-electron chi connectivity index (χ0n) is 18.2. The molecule has 3 heterocycles. The number of carbonyl (C=O) groups is 1. The van der Waals surface area contributed by atoms with E-state index in [2.05, 4.69) is 15.6 Å². The lowest BCUT2D eigenvalue weighted by Crippen LogP contribution is -2.19. The Morgan fingerprint density at radius 1 is 1.15 bits per heavy atom. The van der Waals surface area contributed by atoms with E-state index in [9.17, 15) is 9.18 Å². The first-order valence-corrected chi connectivity index (χ1v) is 11.8. The Hall–Kier alpha value is -3.45. The van der Waals surface area contributed by atoms with Gasteiger partial charge in [0.2, 0.25) is 0 Å². The number of carbonyl (C=O) groups excluding carboxylic acids is 1. The third kappa shape index (κ3) is 4.54. The predicted molar refractivity (Wildman–Crippen MR) is 128 cm³/mol. The largest absolute Gasteiger partial charge is 0.459 e. The monoisotopic (exact) mass is 461 g/mol. The van der Waals surface area contributed by atoms with Gasteiger partial charge in [-0.15, -0.1) is 11.3 Å². The van der Waals surface area contributed by atoms with Crippen molar-refractivity contribution in [3.8, 4) is 0 Å². The number of fused-ring (bicyclic) bond motifs is 1. The number of benzene rings is 1. The van der Waals surface area contributed by atoms with Gasteiger partial charge in [-0.3, -0.25) is 4.79 Å². The van der Waals surface area contributed by atoms with Crippen LogP contribution in [-0.2, 0) is 12.8 Å². The molecule has 1 amide bonds. The molecule has 0 spiro atoms. The highest BCUT2D eigenvalue weighted by molar-refractivity contribution is 7.16. The minimum atomic E-state index is -0.375. The molecule has 1 aliphatic rings. The van der Waals surface area contributed by atoms with Gasteiger partial charge in [-0.2, -0.15) is 0 Å². The molecule has 1 atom stereocenters. The standard InChI is InChI=1S/C26H24FN3O2S/c1-16-11-12-28-22(14-16)29-24(17-6-4-7-18(27)15-17)23-19-8-2-3-10-21(19)33-26(23)30-25(31)20-9-5-13-32-20/h4-7,9,11-15,24H,2-3,8,10H2,1H3,(H,28,29)(H,30,31)/t24-/m1/s1. The highest BCUT2D eigenvalue weighted by Gasteiger charge is 2.29. The van der Waals surface area contributed by atoms with Gasteiger partial charge in [-0.1, -0.05) is 12.1 Å². The number of anilines is 2. The number of pyridine rings is 1. The van der Waals surface area contributed by atoms with Gasteiger partial charge in [0.05, 0.1) is 12.3 Å². The number of aryl methyl sites for hydroxylation is 2. The number of hydrogen-bond donors (Lipinski definition) is 2. The Bertz CT molecular complexity index is 1280. The fourth-order valence-electron chi connectivity index (χ4n) is 4.33. The SMILES string of the molecule is Cc1ccnc(N[C@H](c2cccc(F)c2)c2c(NC(=O)c3ccco3)sc3c2CCCC3)c1. The van der Waals surface area contributed by atoms with Crippen LogP contribution < -0.4 is 10.6 Å². The average Bonchev–Trinajstić information content (AvgIpc) is 3.46. The summed E-state index contributed by atoms with van der Waals surface area (Å²) in [5.74, 6) is 0.347. The number of hydrogen-bond acceptors (Lipinski definition) is 5. The number of rotatable bonds is 6. The van der Waals surface area contributed by atoms with E-state index in [1.807, 2.05) is 25.1 Å². The molecule has 0 saturated carbocycles. The topological polar surface area (TPSA) is 67.2 Å². The molecular weight excluding hydrogens is 437 g/mol. The van der Waals surface area contributed by atoms with E-state index >= 15 is 0 Å². The van der Waals surface area contributed by atoms with Crippen LogP contribution in [0, 0.1) is 12.7 Å². The van der Waals surface area contributed by atoms with Crippen molar-refractivity contribution in [1.29, 1.82) is 0 Å². The van der Waals surface area contributed by atoms with Crippen molar-refractivity contribution in [3.05, 3.63) is 99.7 Å². The van der Waals surface area contributed by atoms with Crippen molar-refractivity contribution < 1.29 is 13.6 Å². The van der Waals surface area contributed by atoms with Crippen LogP contribution in [0.5, 0.6) is 0 Å². The van der Waals surface area contributed by atoms with Crippen molar-refractivity contribution in [2.75, 3.05) is 10.6 Å². The highest BCUT2D eigenvalue weighted by atomic mass is 32.1. The van der Waals surface area contributed by atoms with Crippen molar-refractivity contribution >= 4 is 28.1 Å². The van der Waals surface area contributed by atoms with Crippen LogP contribution in [0.4, 0.5) is 15.2 Å². The first-order chi connectivity index (χ1) is 16.1. The summed E-state index contributed by atoms with van der Waals surface area (Å²) < 4.78 is 19.6. The summed E-state index contributed by atoms with van der Waals surface area (Å²) in [5.41, 5.74) is 4.06. The summed E-state index contributed by atoms with van der Waals surface area (Å²) >= 11 is 1.60. The molecule has 0 unspecified atom stereocenters. The molecule has 1 aromatic carbocycles. The normalized spacial score (nSPS) is 13.9. The zero-order valence-corrected chi connectivity index (χ0v) is 19.0. The number of nitrogens with zero attached hydrogens (tertiary/aromatic N) is 1. The Balaban J connectivity index is 1.62. The lowest BCUT2D eigenvalue weighted by molar-refractivity contribution is 0.0997. The number of nitrogens with one attached hydrogen (secondary N) is 2. The molecule has 5 nitrogen and oxygen atoms in total. The van der Waals surface area contributed by atoms with Crippen LogP contribution in [0.25, 0.3) is 0 Å². The Kier molecular flexibility index (Phi) is 5.96. The Morgan fingerprint density at radius 2 is 2.03 bits per heavy atom. The maximum atomic E-state index is 14.3. The second-order valence-electron chi connectivity index (χ2n) is 8.24.